The molecule has 2 aliphatic heterocycles. The highest BCUT2D eigenvalue weighted by molar-refractivity contribution is 5.78. The molecule has 2 aliphatic rings. The molecule has 4 rings (SSSR count). The standard InChI is InChI=1S/C19H24FN5O/c20-15-4-1-2-5-16(15)23-10-12-24(13-11-23)18(26)14-25-9-3-6-17(25)19-21-7-8-22-19/h1-2,4-5,7-8,17H,3,6,9-14H2,(H,21,22). The predicted octanol–water partition coefficient (Wildman–Crippen LogP) is 2.03. The second-order valence-corrected chi connectivity index (χ2v) is 6.92. The van der Waals surface area contributed by atoms with Gasteiger partial charge in [-0.2, -0.15) is 0 Å². The van der Waals surface area contributed by atoms with Crippen molar-refractivity contribution < 1.29 is 9.18 Å². The van der Waals surface area contributed by atoms with Gasteiger partial charge in [0.1, 0.15) is 11.6 Å². The second-order valence-electron chi connectivity index (χ2n) is 6.92. The van der Waals surface area contributed by atoms with Crippen molar-refractivity contribution in [3.63, 3.8) is 0 Å². The monoisotopic (exact) mass is 357 g/mol. The topological polar surface area (TPSA) is 55.5 Å². The fraction of sp³-hybridized carbons (Fsp3) is 0.474. The van der Waals surface area contributed by atoms with Crippen LogP contribution in [0.15, 0.2) is 36.7 Å². The highest BCUT2D eigenvalue weighted by Gasteiger charge is 2.31. The van der Waals surface area contributed by atoms with Crippen LogP contribution < -0.4 is 4.90 Å². The molecular formula is C19H24FN5O. The maximum atomic E-state index is 13.9. The first kappa shape index (κ1) is 17.0. The summed E-state index contributed by atoms with van der Waals surface area (Å²) in [5.41, 5.74) is 0.622. The number of likely N-dealkylation sites (tertiary alicyclic amines) is 1. The van der Waals surface area contributed by atoms with Crippen LogP contribution in [0.3, 0.4) is 0 Å². The summed E-state index contributed by atoms with van der Waals surface area (Å²) in [5.74, 6) is 0.891. The van der Waals surface area contributed by atoms with Crippen molar-refractivity contribution in [3.8, 4) is 0 Å². The molecule has 0 spiro atoms. The number of hydrogen-bond donors (Lipinski definition) is 1. The van der Waals surface area contributed by atoms with Crippen LogP contribution >= 0.6 is 0 Å². The Hall–Kier alpha value is -2.41. The molecular weight excluding hydrogens is 333 g/mol. The summed E-state index contributed by atoms with van der Waals surface area (Å²) in [6.07, 6.45) is 5.70. The van der Waals surface area contributed by atoms with Gasteiger partial charge < -0.3 is 14.8 Å². The number of aromatic nitrogens is 2. The third-order valence-corrected chi connectivity index (χ3v) is 5.36. The first-order valence-corrected chi connectivity index (χ1v) is 9.23. The Kier molecular flexibility index (Phi) is 4.88. The fourth-order valence-electron chi connectivity index (χ4n) is 3.96. The number of aromatic amines is 1. The molecule has 7 heteroatoms. The van der Waals surface area contributed by atoms with Crippen molar-refractivity contribution in [3.05, 3.63) is 48.3 Å². The van der Waals surface area contributed by atoms with Crippen molar-refractivity contribution in [2.24, 2.45) is 0 Å². The van der Waals surface area contributed by atoms with E-state index >= 15 is 0 Å². The van der Waals surface area contributed by atoms with E-state index in [9.17, 15) is 9.18 Å². The third-order valence-electron chi connectivity index (χ3n) is 5.36. The smallest absolute Gasteiger partial charge is 0.236 e. The minimum absolute atomic E-state index is 0.150. The van der Waals surface area contributed by atoms with E-state index in [1.807, 2.05) is 22.1 Å². The number of rotatable bonds is 4. The summed E-state index contributed by atoms with van der Waals surface area (Å²) in [6.45, 7) is 3.93. The van der Waals surface area contributed by atoms with Gasteiger partial charge in [-0.25, -0.2) is 9.37 Å². The van der Waals surface area contributed by atoms with Crippen LogP contribution in [0, 0.1) is 5.82 Å². The van der Waals surface area contributed by atoms with Crippen LogP contribution in [0.5, 0.6) is 0 Å². The highest BCUT2D eigenvalue weighted by Crippen LogP contribution is 2.29. The molecule has 0 bridgehead atoms. The van der Waals surface area contributed by atoms with Gasteiger partial charge in [-0.05, 0) is 31.5 Å². The number of anilines is 1. The minimum Gasteiger partial charge on any atom is -0.366 e. The Labute approximate surface area is 152 Å². The number of benzene rings is 1. The number of amides is 1. The normalized spacial score (nSPS) is 21.3. The Bertz CT molecular complexity index is 742. The number of para-hydroxylation sites is 1. The lowest BCUT2D eigenvalue weighted by atomic mass is 10.2. The number of nitrogens with zero attached hydrogens (tertiary/aromatic N) is 4. The fourth-order valence-corrected chi connectivity index (χ4v) is 3.96. The molecule has 138 valence electrons. The van der Waals surface area contributed by atoms with E-state index in [0.29, 0.717) is 38.4 Å². The Morgan fingerprint density at radius 2 is 2.00 bits per heavy atom. The van der Waals surface area contributed by atoms with Crippen LogP contribution in [0.4, 0.5) is 10.1 Å². The minimum atomic E-state index is -0.203. The van der Waals surface area contributed by atoms with Gasteiger partial charge in [0.15, 0.2) is 0 Å². The average Bonchev–Trinajstić information content (AvgIpc) is 3.33. The van der Waals surface area contributed by atoms with Crippen molar-refractivity contribution in [2.45, 2.75) is 18.9 Å². The Balaban J connectivity index is 1.33. The Morgan fingerprint density at radius 3 is 2.73 bits per heavy atom. The molecule has 6 nitrogen and oxygen atoms in total. The van der Waals surface area contributed by atoms with Crippen molar-refractivity contribution in [2.75, 3.05) is 44.2 Å². The van der Waals surface area contributed by atoms with Crippen LogP contribution in [0.25, 0.3) is 0 Å². The van der Waals surface area contributed by atoms with Gasteiger partial charge in [0.25, 0.3) is 0 Å². The molecule has 1 amide bonds. The number of hydrogen-bond acceptors (Lipinski definition) is 4. The summed E-state index contributed by atoms with van der Waals surface area (Å²) < 4.78 is 13.9. The molecule has 0 radical (unpaired) electrons. The molecule has 2 fully saturated rings. The van der Waals surface area contributed by atoms with Gasteiger partial charge in [-0.15, -0.1) is 0 Å². The third kappa shape index (κ3) is 3.44. The molecule has 1 atom stereocenters. The summed E-state index contributed by atoms with van der Waals surface area (Å²) in [6, 6.07) is 7.02. The van der Waals surface area contributed by atoms with E-state index in [1.165, 1.54) is 6.07 Å². The van der Waals surface area contributed by atoms with Crippen LogP contribution in [0.1, 0.15) is 24.7 Å². The number of nitrogens with one attached hydrogen (secondary N) is 1. The summed E-state index contributed by atoms with van der Waals surface area (Å²) in [7, 11) is 0. The quantitative estimate of drug-likeness (QED) is 0.910. The molecule has 1 N–H and O–H groups in total. The van der Waals surface area contributed by atoms with Gasteiger partial charge in [-0.3, -0.25) is 9.69 Å². The van der Waals surface area contributed by atoms with E-state index in [0.717, 1.165) is 25.2 Å². The summed E-state index contributed by atoms with van der Waals surface area (Å²) >= 11 is 0. The average molecular weight is 357 g/mol. The molecule has 2 saturated heterocycles. The number of carbonyl (C=O) groups is 1. The van der Waals surface area contributed by atoms with Crippen LogP contribution in [0.2, 0.25) is 0 Å². The number of halogens is 1. The van der Waals surface area contributed by atoms with E-state index in [4.69, 9.17) is 0 Å². The maximum absolute atomic E-state index is 13.9. The number of piperazine rings is 1. The molecule has 26 heavy (non-hydrogen) atoms. The number of H-pyrrole nitrogens is 1. The van der Waals surface area contributed by atoms with Crippen LogP contribution in [-0.4, -0.2) is 64.9 Å². The van der Waals surface area contributed by atoms with Gasteiger partial charge >= 0.3 is 0 Å². The van der Waals surface area contributed by atoms with Gasteiger partial charge in [-0.1, -0.05) is 12.1 Å². The molecule has 0 saturated carbocycles. The van der Waals surface area contributed by atoms with Gasteiger partial charge in [0.05, 0.1) is 18.3 Å². The van der Waals surface area contributed by atoms with Crippen molar-refractivity contribution in [1.29, 1.82) is 0 Å². The highest BCUT2D eigenvalue weighted by atomic mass is 19.1. The van der Waals surface area contributed by atoms with Crippen molar-refractivity contribution >= 4 is 11.6 Å². The zero-order valence-corrected chi connectivity index (χ0v) is 14.8. The zero-order chi connectivity index (χ0) is 17.9. The molecule has 1 aromatic carbocycles. The second kappa shape index (κ2) is 7.45. The van der Waals surface area contributed by atoms with Gasteiger partial charge in [0, 0.05) is 38.6 Å². The van der Waals surface area contributed by atoms with Crippen molar-refractivity contribution in [1.82, 2.24) is 19.8 Å². The van der Waals surface area contributed by atoms with E-state index in [2.05, 4.69) is 14.9 Å². The summed E-state index contributed by atoms with van der Waals surface area (Å²) in [5, 5.41) is 0. The lowest BCUT2D eigenvalue weighted by molar-refractivity contribution is -0.133. The molecule has 3 heterocycles. The van der Waals surface area contributed by atoms with Gasteiger partial charge in [0.2, 0.25) is 5.91 Å². The number of imidazole rings is 1. The lowest BCUT2D eigenvalue weighted by Gasteiger charge is -2.37. The first-order chi connectivity index (χ1) is 12.7. The van der Waals surface area contributed by atoms with E-state index in [-0.39, 0.29) is 17.8 Å². The summed E-state index contributed by atoms with van der Waals surface area (Å²) in [4.78, 5) is 26.4. The first-order valence-electron chi connectivity index (χ1n) is 9.23. The Morgan fingerprint density at radius 1 is 1.19 bits per heavy atom. The van der Waals surface area contributed by atoms with E-state index < -0.39 is 0 Å². The maximum Gasteiger partial charge on any atom is 0.236 e. The SMILES string of the molecule is O=C(CN1CCCC1c1ncc[nH]1)N1CCN(c2ccccc2F)CC1. The lowest BCUT2D eigenvalue weighted by Crippen LogP contribution is -2.51. The molecule has 1 aromatic heterocycles. The predicted molar refractivity (Wildman–Crippen MR) is 97.3 cm³/mol. The zero-order valence-electron chi connectivity index (χ0n) is 14.8. The van der Waals surface area contributed by atoms with Crippen LogP contribution in [-0.2, 0) is 4.79 Å². The molecule has 0 aliphatic carbocycles. The molecule has 2 aromatic rings. The largest absolute Gasteiger partial charge is 0.366 e. The number of carbonyl (C=O) groups excluding carboxylic acids is 1. The van der Waals surface area contributed by atoms with E-state index in [1.54, 1.807) is 18.3 Å². The molecule has 1 unspecified atom stereocenters.